The zero-order valence-electron chi connectivity index (χ0n) is 16.0. The molecule has 0 saturated carbocycles. The van der Waals surface area contributed by atoms with E-state index in [0.717, 1.165) is 31.8 Å². The molecule has 0 unspecified atom stereocenters. The molecule has 6 nitrogen and oxygen atoms in total. The molecular formula is C22H25N3O3. The van der Waals surface area contributed by atoms with Gasteiger partial charge in [0, 0.05) is 24.5 Å². The molecule has 3 heterocycles. The van der Waals surface area contributed by atoms with Gasteiger partial charge in [0.15, 0.2) is 0 Å². The summed E-state index contributed by atoms with van der Waals surface area (Å²) in [5.41, 5.74) is 2.18. The number of carboxylic acids is 1. The first-order chi connectivity index (χ1) is 13.6. The summed E-state index contributed by atoms with van der Waals surface area (Å²) in [5, 5.41) is 13.6. The summed E-state index contributed by atoms with van der Waals surface area (Å²) in [5.74, 6) is 1.24. The number of furan rings is 1. The van der Waals surface area contributed by atoms with Crippen molar-refractivity contribution in [2.45, 2.75) is 25.8 Å². The number of nitrogens with zero attached hydrogens (tertiary/aromatic N) is 3. The monoisotopic (exact) mass is 379 g/mol. The van der Waals surface area contributed by atoms with Crippen LogP contribution in [0.4, 0.5) is 0 Å². The molecule has 1 aromatic carbocycles. The average Bonchev–Trinajstić information content (AvgIpc) is 3.32. The quantitative estimate of drug-likeness (QED) is 0.705. The van der Waals surface area contributed by atoms with Crippen LogP contribution in [-0.4, -0.2) is 38.8 Å². The number of rotatable bonds is 6. The van der Waals surface area contributed by atoms with E-state index in [9.17, 15) is 9.90 Å². The van der Waals surface area contributed by atoms with Gasteiger partial charge in [-0.25, -0.2) is 4.79 Å². The Hall–Kier alpha value is -2.86. The molecule has 146 valence electrons. The molecule has 0 radical (unpaired) electrons. The van der Waals surface area contributed by atoms with Gasteiger partial charge in [0.05, 0.1) is 12.1 Å². The van der Waals surface area contributed by atoms with E-state index in [-0.39, 0.29) is 5.56 Å². The van der Waals surface area contributed by atoms with Gasteiger partial charge in [0.2, 0.25) is 0 Å². The lowest BCUT2D eigenvalue weighted by Crippen LogP contribution is -2.33. The summed E-state index contributed by atoms with van der Waals surface area (Å²) in [7, 11) is 2.00. The summed E-state index contributed by atoms with van der Waals surface area (Å²) < 4.78 is 7.94. The highest BCUT2D eigenvalue weighted by Crippen LogP contribution is 2.28. The van der Waals surface area contributed by atoms with E-state index in [1.165, 1.54) is 18.5 Å². The van der Waals surface area contributed by atoms with Crippen molar-refractivity contribution in [3.63, 3.8) is 0 Å². The fourth-order valence-corrected chi connectivity index (χ4v) is 3.96. The molecule has 28 heavy (non-hydrogen) atoms. The third kappa shape index (κ3) is 4.02. The normalized spacial score (nSPS) is 15.8. The van der Waals surface area contributed by atoms with E-state index in [1.807, 2.05) is 36.1 Å². The van der Waals surface area contributed by atoms with Crippen LogP contribution in [0.1, 0.15) is 34.7 Å². The van der Waals surface area contributed by atoms with Crippen molar-refractivity contribution in [1.29, 1.82) is 0 Å². The lowest BCUT2D eigenvalue weighted by molar-refractivity contribution is 0.0697. The van der Waals surface area contributed by atoms with E-state index >= 15 is 0 Å². The molecule has 0 amide bonds. The predicted molar refractivity (Wildman–Crippen MR) is 106 cm³/mol. The van der Waals surface area contributed by atoms with Crippen molar-refractivity contribution in [2.75, 3.05) is 13.1 Å². The van der Waals surface area contributed by atoms with Crippen LogP contribution in [0.25, 0.3) is 11.3 Å². The third-order valence-electron chi connectivity index (χ3n) is 5.59. The maximum absolute atomic E-state index is 11.4. The maximum Gasteiger partial charge on any atom is 0.336 e. The molecule has 0 atom stereocenters. The largest absolute Gasteiger partial charge is 0.478 e. The summed E-state index contributed by atoms with van der Waals surface area (Å²) in [6, 6.07) is 12.9. The fraction of sp³-hybridized carbons (Fsp3) is 0.364. The first kappa shape index (κ1) is 18.5. The number of carboxylic acid groups (broad SMARTS) is 1. The number of piperidine rings is 1. The molecular weight excluding hydrogens is 354 g/mol. The Morgan fingerprint density at radius 1 is 1.18 bits per heavy atom. The van der Waals surface area contributed by atoms with Crippen molar-refractivity contribution in [3.8, 4) is 11.3 Å². The van der Waals surface area contributed by atoms with Crippen LogP contribution >= 0.6 is 0 Å². The van der Waals surface area contributed by atoms with E-state index in [2.05, 4.69) is 16.1 Å². The molecule has 0 aliphatic carbocycles. The van der Waals surface area contributed by atoms with Gasteiger partial charge in [-0.05, 0) is 62.5 Å². The van der Waals surface area contributed by atoms with Crippen LogP contribution < -0.4 is 0 Å². The molecule has 1 aliphatic heterocycles. The number of aromatic nitrogens is 2. The standard InChI is InChI=1S/C22H25N3O3/c1-24-17(8-11-23-24)14-16-9-12-25(13-10-16)15-18-6-7-21(28-18)19-4-2-3-5-20(19)22(26)27/h2-8,11,16H,9-10,12-15H2,1H3,(H,26,27). The van der Waals surface area contributed by atoms with Gasteiger partial charge >= 0.3 is 5.97 Å². The summed E-state index contributed by atoms with van der Waals surface area (Å²) in [4.78, 5) is 13.8. The Labute approximate surface area is 164 Å². The van der Waals surface area contributed by atoms with Gasteiger partial charge < -0.3 is 9.52 Å². The Morgan fingerprint density at radius 3 is 2.68 bits per heavy atom. The first-order valence-corrected chi connectivity index (χ1v) is 9.71. The number of likely N-dealkylation sites (tertiary alicyclic amines) is 1. The molecule has 6 heteroatoms. The highest BCUT2D eigenvalue weighted by Gasteiger charge is 2.22. The molecule has 1 saturated heterocycles. The zero-order chi connectivity index (χ0) is 19.5. The first-order valence-electron chi connectivity index (χ1n) is 9.71. The third-order valence-corrected chi connectivity index (χ3v) is 5.59. The fourth-order valence-electron chi connectivity index (χ4n) is 3.96. The van der Waals surface area contributed by atoms with E-state index in [0.29, 0.717) is 17.2 Å². The molecule has 3 aromatic rings. The van der Waals surface area contributed by atoms with Crippen molar-refractivity contribution < 1.29 is 14.3 Å². The minimum atomic E-state index is -0.941. The van der Waals surface area contributed by atoms with Gasteiger partial charge in [0.25, 0.3) is 0 Å². The van der Waals surface area contributed by atoms with E-state index in [4.69, 9.17) is 4.42 Å². The maximum atomic E-state index is 11.4. The Bertz CT molecular complexity index is 951. The minimum absolute atomic E-state index is 0.263. The zero-order valence-corrected chi connectivity index (χ0v) is 16.0. The number of aromatic carboxylic acids is 1. The lowest BCUT2D eigenvalue weighted by Gasteiger charge is -2.31. The number of hydrogen-bond acceptors (Lipinski definition) is 4. The van der Waals surface area contributed by atoms with Crippen molar-refractivity contribution in [2.24, 2.45) is 13.0 Å². The second kappa shape index (κ2) is 8.02. The summed E-state index contributed by atoms with van der Waals surface area (Å²) in [6.45, 7) is 2.85. The molecule has 1 aliphatic rings. The average molecular weight is 379 g/mol. The van der Waals surface area contributed by atoms with Crippen molar-refractivity contribution in [1.82, 2.24) is 14.7 Å². The Kier molecular flexibility index (Phi) is 5.30. The van der Waals surface area contributed by atoms with Gasteiger partial charge in [-0.2, -0.15) is 5.10 Å². The SMILES string of the molecule is Cn1nccc1CC1CCN(Cc2ccc(-c3ccccc3C(=O)O)o2)CC1. The molecule has 0 bridgehead atoms. The number of carbonyl (C=O) groups is 1. The van der Waals surface area contributed by atoms with Crippen LogP contribution in [0.2, 0.25) is 0 Å². The predicted octanol–water partition coefficient (Wildman–Crippen LogP) is 3.83. The lowest BCUT2D eigenvalue weighted by atomic mass is 9.92. The van der Waals surface area contributed by atoms with Crippen molar-refractivity contribution >= 4 is 5.97 Å². The number of hydrogen-bond donors (Lipinski definition) is 1. The number of aryl methyl sites for hydroxylation is 1. The second-order valence-corrected chi connectivity index (χ2v) is 7.49. The van der Waals surface area contributed by atoms with Crippen LogP contribution in [0.3, 0.4) is 0 Å². The molecule has 4 rings (SSSR count). The summed E-state index contributed by atoms with van der Waals surface area (Å²) in [6.07, 6.45) is 5.28. The van der Waals surface area contributed by atoms with Gasteiger partial charge in [0.1, 0.15) is 11.5 Å². The van der Waals surface area contributed by atoms with Crippen LogP contribution in [-0.2, 0) is 20.0 Å². The minimum Gasteiger partial charge on any atom is -0.478 e. The smallest absolute Gasteiger partial charge is 0.336 e. The van der Waals surface area contributed by atoms with Crippen LogP contribution in [0.15, 0.2) is 53.1 Å². The van der Waals surface area contributed by atoms with E-state index in [1.54, 1.807) is 18.2 Å². The summed E-state index contributed by atoms with van der Waals surface area (Å²) >= 11 is 0. The Morgan fingerprint density at radius 2 is 1.96 bits per heavy atom. The molecule has 0 spiro atoms. The molecule has 2 aromatic heterocycles. The molecule has 1 N–H and O–H groups in total. The van der Waals surface area contributed by atoms with E-state index < -0.39 is 5.97 Å². The van der Waals surface area contributed by atoms with Gasteiger partial charge in [-0.3, -0.25) is 9.58 Å². The van der Waals surface area contributed by atoms with Crippen LogP contribution in [0.5, 0.6) is 0 Å². The highest BCUT2D eigenvalue weighted by atomic mass is 16.4. The number of benzene rings is 1. The van der Waals surface area contributed by atoms with Crippen molar-refractivity contribution in [3.05, 3.63) is 65.7 Å². The highest BCUT2D eigenvalue weighted by molar-refractivity contribution is 5.95. The molecule has 1 fully saturated rings. The van der Waals surface area contributed by atoms with Gasteiger partial charge in [-0.1, -0.05) is 18.2 Å². The Balaban J connectivity index is 1.35. The topological polar surface area (TPSA) is 71.5 Å². The van der Waals surface area contributed by atoms with Crippen LogP contribution in [0, 0.1) is 5.92 Å². The second-order valence-electron chi connectivity index (χ2n) is 7.49. The van der Waals surface area contributed by atoms with Gasteiger partial charge in [-0.15, -0.1) is 0 Å².